The summed E-state index contributed by atoms with van der Waals surface area (Å²) < 4.78 is 6.03. The van der Waals surface area contributed by atoms with Gasteiger partial charge in [0.25, 0.3) is 0 Å². The van der Waals surface area contributed by atoms with Crippen molar-refractivity contribution in [3.05, 3.63) is 89.6 Å². The van der Waals surface area contributed by atoms with Crippen molar-refractivity contribution in [1.82, 2.24) is 10.3 Å². The zero-order valence-electron chi connectivity index (χ0n) is 13.9. The maximum atomic E-state index is 6.03. The van der Waals surface area contributed by atoms with Crippen molar-refractivity contribution in [1.29, 1.82) is 0 Å². The van der Waals surface area contributed by atoms with Gasteiger partial charge in [-0.05, 0) is 47.7 Å². The highest BCUT2D eigenvalue weighted by atomic mass is 16.3. The highest BCUT2D eigenvalue weighted by Crippen LogP contribution is 2.47. The fraction of sp³-hybridized carbons (Fsp3) is 0.286. The fourth-order valence-electron chi connectivity index (χ4n) is 3.24. The Labute approximate surface area is 142 Å². The quantitative estimate of drug-likeness (QED) is 0.717. The second kappa shape index (κ2) is 6.62. The van der Waals surface area contributed by atoms with Crippen LogP contribution in [-0.2, 0) is 6.54 Å². The van der Waals surface area contributed by atoms with Crippen LogP contribution in [0.3, 0.4) is 0 Å². The van der Waals surface area contributed by atoms with Gasteiger partial charge in [0, 0.05) is 18.3 Å². The molecule has 2 heterocycles. The lowest BCUT2D eigenvalue weighted by Crippen LogP contribution is -2.21. The Balaban J connectivity index is 1.51. The van der Waals surface area contributed by atoms with Crippen LogP contribution in [0.4, 0.5) is 0 Å². The molecule has 1 aromatic carbocycles. The van der Waals surface area contributed by atoms with E-state index in [2.05, 4.69) is 65.8 Å². The normalized spacial score (nSPS) is 20.7. The van der Waals surface area contributed by atoms with Gasteiger partial charge in [-0.1, -0.05) is 37.3 Å². The minimum Gasteiger partial charge on any atom is -0.464 e. The van der Waals surface area contributed by atoms with Crippen LogP contribution in [0.5, 0.6) is 0 Å². The minimum atomic E-state index is 0.127. The smallest absolute Gasteiger partial charge is 0.117 e. The van der Waals surface area contributed by atoms with Crippen LogP contribution in [-0.4, -0.2) is 4.98 Å². The van der Waals surface area contributed by atoms with Crippen molar-refractivity contribution in [3.8, 4) is 0 Å². The van der Waals surface area contributed by atoms with Gasteiger partial charge >= 0.3 is 0 Å². The van der Waals surface area contributed by atoms with Crippen LogP contribution in [0.1, 0.15) is 48.0 Å². The molecule has 0 bridgehead atoms. The van der Waals surface area contributed by atoms with Gasteiger partial charge in [-0.25, -0.2) is 0 Å². The molecule has 1 aliphatic rings. The van der Waals surface area contributed by atoms with Crippen molar-refractivity contribution < 1.29 is 4.42 Å². The molecule has 3 atom stereocenters. The van der Waals surface area contributed by atoms with E-state index in [0.29, 0.717) is 12.5 Å². The number of hydrogen-bond acceptors (Lipinski definition) is 3. The van der Waals surface area contributed by atoms with E-state index in [4.69, 9.17) is 4.42 Å². The second-order valence-electron chi connectivity index (χ2n) is 6.63. The van der Waals surface area contributed by atoms with Crippen molar-refractivity contribution in [2.45, 2.75) is 31.8 Å². The topological polar surface area (TPSA) is 38.1 Å². The van der Waals surface area contributed by atoms with Crippen molar-refractivity contribution in [2.24, 2.45) is 5.92 Å². The number of hydrogen-bond donors (Lipinski definition) is 1. The zero-order chi connectivity index (χ0) is 16.4. The molecule has 1 fully saturated rings. The predicted octanol–water partition coefficient (Wildman–Crippen LogP) is 4.68. The van der Waals surface area contributed by atoms with E-state index in [1.165, 1.54) is 17.5 Å². The van der Waals surface area contributed by atoms with Crippen molar-refractivity contribution in [3.63, 3.8) is 0 Å². The third-order valence-corrected chi connectivity index (χ3v) is 4.81. The maximum absolute atomic E-state index is 6.03. The Kier molecular flexibility index (Phi) is 4.18. The number of benzene rings is 1. The van der Waals surface area contributed by atoms with Crippen LogP contribution in [0, 0.1) is 5.92 Å². The summed E-state index contributed by atoms with van der Waals surface area (Å²) in [5, 5.41) is 3.63. The molecule has 3 nitrogen and oxygen atoms in total. The third-order valence-electron chi connectivity index (χ3n) is 4.81. The Morgan fingerprint density at radius 2 is 1.75 bits per heavy atom. The molecule has 0 radical (unpaired) electrons. The molecular formula is C21H22N2O. The van der Waals surface area contributed by atoms with Crippen molar-refractivity contribution >= 4 is 0 Å². The first kappa shape index (κ1) is 15.2. The van der Waals surface area contributed by atoms with Gasteiger partial charge in [-0.2, -0.15) is 0 Å². The molecule has 122 valence electrons. The van der Waals surface area contributed by atoms with Crippen LogP contribution >= 0.6 is 0 Å². The molecule has 0 spiro atoms. The lowest BCUT2D eigenvalue weighted by molar-refractivity contribution is 0.435. The number of nitrogens with one attached hydrogen (secondary N) is 1. The SMILES string of the molecule is CC1CC1c1ccc(CNC(c2ccccc2)c2ccncc2)o1. The Morgan fingerprint density at radius 1 is 1.04 bits per heavy atom. The van der Waals surface area contributed by atoms with E-state index in [1.54, 1.807) is 0 Å². The van der Waals surface area contributed by atoms with E-state index in [9.17, 15) is 0 Å². The highest BCUT2D eigenvalue weighted by molar-refractivity contribution is 5.30. The van der Waals surface area contributed by atoms with E-state index < -0.39 is 0 Å². The minimum absolute atomic E-state index is 0.127. The summed E-state index contributed by atoms with van der Waals surface area (Å²) in [6.45, 7) is 2.99. The standard InChI is InChI=1S/C21H22N2O/c1-15-13-19(15)20-8-7-18(24-20)14-23-21(16-5-3-2-4-6-16)17-9-11-22-12-10-17/h2-12,15,19,21,23H,13-14H2,1H3. The van der Waals surface area contributed by atoms with Gasteiger partial charge in [0.2, 0.25) is 0 Å². The maximum Gasteiger partial charge on any atom is 0.117 e. The molecule has 1 aliphatic carbocycles. The summed E-state index contributed by atoms with van der Waals surface area (Å²) >= 11 is 0. The summed E-state index contributed by atoms with van der Waals surface area (Å²) in [5.41, 5.74) is 2.45. The van der Waals surface area contributed by atoms with Gasteiger partial charge < -0.3 is 4.42 Å². The first-order valence-corrected chi connectivity index (χ1v) is 8.58. The molecule has 1 N–H and O–H groups in total. The highest BCUT2D eigenvalue weighted by Gasteiger charge is 2.36. The van der Waals surface area contributed by atoms with E-state index >= 15 is 0 Å². The zero-order valence-corrected chi connectivity index (χ0v) is 13.9. The Bertz CT molecular complexity index is 742. The summed E-state index contributed by atoms with van der Waals surface area (Å²) in [7, 11) is 0. The average Bonchev–Trinajstić information content (AvgIpc) is 3.18. The van der Waals surface area contributed by atoms with Gasteiger partial charge in [0.15, 0.2) is 0 Å². The van der Waals surface area contributed by atoms with E-state index in [1.807, 2.05) is 18.5 Å². The first-order valence-electron chi connectivity index (χ1n) is 8.58. The molecule has 3 heteroatoms. The summed E-state index contributed by atoms with van der Waals surface area (Å²) in [6.07, 6.45) is 4.93. The van der Waals surface area contributed by atoms with Crippen molar-refractivity contribution in [2.75, 3.05) is 0 Å². The molecule has 2 aromatic heterocycles. The summed E-state index contributed by atoms with van der Waals surface area (Å²) in [6, 6.07) is 19.0. The van der Waals surface area contributed by atoms with Gasteiger partial charge in [0.05, 0.1) is 12.6 Å². The second-order valence-corrected chi connectivity index (χ2v) is 6.63. The van der Waals surface area contributed by atoms with Gasteiger partial charge in [-0.3, -0.25) is 10.3 Å². The number of nitrogens with zero attached hydrogens (tertiary/aromatic N) is 1. The average molecular weight is 318 g/mol. The molecule has 24 heavy (non-hydrogen) atoms. The fourth-order valence-corrected chi connectivity index (χ4v) is 3.24. The molecule has 4 rings (SSSR count). The molecule has 0 saturated heterocycles. The Morgan fingerprint density at radius 3 is 2.46 bits per heavy atom. The van der Waals surface area contributed by atoms with Crippen LogP contribution in [0.15, 0.2) is 71.4 Å². The van der Waals surface area contributed by atoms with Gasteiger partial charge in [-0.15, -0.1) is 0 Å². The number of furan rings is 1. The number of rotatable bonds is 6. The Hall–Kier alpha value is -2.39. The third kappa shape index (κ3) is 3.26. The van der Waals surface area contributed by atoms with Gasteiger partial charge in [0.1, 0.15) is 11.5 Å². The summed E-state index contributed by atoms with van der Waals surface area (Å²) in [4.78, 5) is 4.13. The van der Waals surface area contributed by atoms with Crippen LogP contribution in [0.25, 0.3) is 0 Å². The van der Waals surface area contributed by atoms with Crippen LogP contribution < -0.4 is 5.32 Å². The number of aromatic nitrogens is 1. The molecule has 3 unspecified atom stereocenters. The molecule has 3 aromatic rings. The number of pyridine rings is 1. The lowest BCUT2D eigenvalue weighted by atomic mass is 10.00. The summed E-state index contributed by atoms with van der Waals surface area (Å²) in [5.74, 6) is 3.54. The molecule has 0 aliphatic heterocycles. The van der Waals surface area contributed by atoms with E-state index in [-0.39, 0.29) is 6.04 Å². The van der Waals surface area contributed by atoms with Crippen LogP contribution in [0.2, 0.25) is 0 Å². The monoisotopic (exact) mass is 318 g/mol. The van der Waals surface area contributed by atoms with E-state index in [0.717, 1.165) is 17.4 Å². The first-order chi connectivity index (χ1) is 11.8. The lowest BCUT2D eigenvalue weighted by Gasteiger charge is -2.19. The molecule has 1 saturated carbocycles. The molecule has 0 amide bonds. The largest absolute Gasteiger partial charge is 0.464 e. The molecular weight excluding hydrogens is 296 g/mol. The predicted molar refractivity (Wildman–Crippen MR) is 94.6 cm³/mol.